The first-order chi connectivity index (χ1) is 14.3. The second-order valence-electron chi connectivity index (χ2n) is 7.02. The van der Waals surface area contributed by atoms with E-state index in [1.807, 2.05) is 31.2 Å². The van der Waals surface area contributed by atoms with Gasteiger partial charge < -0.3 is 5.32 Å². The number of nitrogens with one attached hydrogen (secondary N) is 2. The maximum absolute atomic E-state index is 12.5. The number of benzene rings is 3. The van der Waals surface area contributed by atoms with Gasteiger partial charge in [0.2, 0.25) is 5.91 Å². The third-order valence-corrected chi connectivity index (χ3v) is 6.23. The average Bonchev–Trinajstić information content (AvgIpc) is 2.73. The van der Waals surface area contributed by atoms with Crippen molar-refractivity contribution in [2.75, 3.05) is 4.72 Å². The second kappa shape index (κ2) is 9.78. The van der Waals surface area contributed by atoms with E-state index >= 15 is 0 Å². The molecule has 0 bridgehead atoms. The van der Waals surface area contributed by atoms with Gasteiger partial charge in [-0.25, -0.2) is 8.42 Å². The van der Waals surface area contributed by atoms with Crippen LogP contribution in [0.1, 0.15) is 23.1 Å². The summed E-state index contributed by atoms with van der Waals surface area (Å²) < 4.78 is 27.6. The van der Waals surface area contributed by atoms with Crippen molar-refractivity contribution in [3.05, 3.63) is 94.5 Å². The van der Waals surface area contributed by atoms with E-state index in [0.717, 1.165) is 16.7 Å². The monoisotopic (exact) mass is 442 g/mol. The predicted molar refractivity (Wildman–Crippen MR) is 120 cm³/mol. The van der Waals surface area contributed by atoms with Crippen LogP contribution in [0.2, 0.25) is 5.02 Å². The molecule has 0 saturated carbocycles. The summed E-state index contributed by atoms with van der Waals surface area (Å²) in [6, 6.07) is 21.0. The highest BCUT2D eigenvalue weighted by Crippen LogP contribution is 2.18. The molecule has 5 nitrogen and oxygen atoms in total. The van der Waals surface area contributed by atoms with Crippen LogP contribution in [-0.4, -0.2) is 14.3 Å². The summed E-state index contributed by atoms with van der Waals surface area (Å²) in [6.07, 6.45) is 0.847. The van der Waals surface area contributed by atoms with E-state index in [9.17, 15) is 13.2 Å². The smallest absolute Gasteiger partial charge is 0.261 e. The third kappa shape index (κ3) is 6.34. The Balaban J connectivity index is 1.51. The highest BCUT2D eigenvalue weighted by Gasteiger charge is 2.14. The summed E-state index contributed by atoms with van der Waals surface area (Å²) in [6.45, 7) is 2.38. The number of anilines is 1. The van der Waals surface area contributed by atoms with Gasteiger partial charge in [-0.2, -0.15) is 0 Å². The largest absolute Gasteiger partial charge is 0.352 e. The van der Waals surface area contributed by atoms with Crippen LogP contribution < -0.4 is 10.0 Å². The molecule has 0 fully saturated rings. The van der Waals surface area contributed by atoms with Gasteiger partial charge in [0.15, 0.2) is 0 Å². The number of hydrogen-bond donors (Lipinski definition) is 2. The van der Waals surface area contributed by atoms with Crippen molar-refractivity contribution >= 4 is 33.2 Å². The Labute approximate surface area is 182 Å². The molecule has 0 aromatic heterocycles. The quantitative estimate of drug-likeness (QED) is 0.531. The van der Waals surface area contributed by atoms with Gasteiger partial charge in [-0.1, -0.05) is 53.6 Å². The minimum Gasteiger partial charge on any atom is -0.352 e. The Kier molecular flexibility index (Phi) is 7.13. The zero-order chi connectivity index (χ0) is 21.6. The van der Waals surface area contributed by atoms with Gasteiger partial charge in [0, 0.05) is 23.7 Å². The normalized spacial score (nSPS) is 11.1. The van der Waals surface area contributed by atoms with Crippen molar-refractivity contribution in [3.8, 4) is 0 Å². The summed E-state index contributed by atoms with van der Waals surface area (Å²) in [5, 5.41) is 3.52. The van der Waals surface area contributed by atoms with E-state index in [2.05, 4.69) is 10.0 Å². The highest BCUT2D eigenvalue weighted by atomic mass is 35.5. The summed E-state index contributed by atoms with van der Waals surface area (Å²) in [4.78, 5) is 12.2. The first kappa shape index (κ1) is 21.9. The topological polar surface area (TPSA) is 75.3 Å². The number of rotatable bonds is 8. The van der Waals surface area contributed by atoms with Crippen LogP contribution in [0.3, 0.4) is 0 Å². The molecule has 0 saturated heterocycles. The highest BCUT2D eigenvalue weighted by molar-refractivity contribution is 7.92. The van der Waals surface area contributed by atoms with Gasteiger partial charge in [0.1, 0.15) is 0 Å². The summed E-state index contributed by atoms with van der Waals surface area (Å²) in [5.41, 5.74) is 3.44. The first-order valence-corrected chi connectivity index (χ1v) is 11.4. The van der Waals surface area contributed by atoms with Crippen molar-refractivity contribution in [2.24, 2.45) is 0 Å². The van der Waals surface area contributed by atoms with Crippen LogP contribution in [0.5, 0.6) is 0 Å². The van der Waals surface area contributed by atoms with Gasteiger partial charge in [-0.3, -0.25) is 9.52 Å². The lowest BCUT2D eigenvalue weighted by molar-refractivity contribution is -0.121. The molecule has 0 aliphatic rings. The minimum atomic E-state index is -3.66. The molecule has 0 aliphatic heterocycles. The fourth-order valence-corrected chi connectivity index (χ4v) is 4.00. The molecule has 1 amide bonds. The molecule has 7 heteroatoms. The third-order valence-electron chi connectivity index (χ3n) is 4.58. The van der Waals surface area contributed by atoms with E-state index in [-0.39, 0.29) is 10.8 Å². The average molecular weight is 443 g/mol. The van der Waals surface area contributed by atoms with Crippen molar-refractivity contribution in [1.29, 1.82) is 0 Å². The van der Waals surface area contributed by atoms with Gasteiger partial charge in [-0.15, -0.1) is 0 Å². The molecular weight excluding hydrogens is 420 g/mol. The number of aryl methyl sites for hydroxylation is 2. The van der Waals surface area contributed by atoms with Gasteiger partial charge >= 0.3 is 0 Å². The molecule has 3 aromatic rings. The van der Waals surface area contributed by atoms with Crippen LogP contribution in [0.25, 0.3) is 0 Å². The number of carbonyl (C=O) groups is 1. The minimum absolute atomic E-state index is 0.0670. The van der Waals surface area contributed by atoms with E-state index < -0.39 is 10.0 Å². The van der Waals surface area contributed by atoms with Crippen molar-refractivity contribution in [1.82, 2.24) is 5.32 Å². The SMILES string of the molecule is Cc1ccc(NS(=O)(=O)c2ccc(CCC(=O)NCc3ccc(Cl)cc3)cc2)cc1. The van der Waals surface area contributed by atoms with E-state index in [1.165, 1.54) is 0 Å². The summed E-state index contributed by atoms with van der Waals surface area (Å²) in [5.74, 6) is -0.0670. The number of amides is 1. The van der Waals surface area contributed by atoms with Gasteiger partial charge in [0.05, 0.1) is 4.90 Å². The zero-order valence-electron chi connectivity index (χ0n) is 16.6. The molecule has 0 heterocycles. The summed E-state index contributed by atoms with van der Waals surface area (Å²) in [7, 11) is -3.66. The van der Waals surface area contributed by atoms with Crippen molar-refractivity contribution in [2.45, 2.75) is 31.2 Å². The number of carbonyl (C=O) groups excluding carboxylic acids is 1. The lowest BCUT2D eigenvalue weighted by atomic mass is 10.1. The maximum Gasteiger partial charge on any atom is 0.261 e. The fourth-order valence-electron chi connectivity index (χ4n) is 2.82. The number of hydrogen-bond acceptors (Lipinski definition) is 3. The molecule has 0 atom stereocenters. The zero-order valence-corrected chi connectivity index (χ0v) is 18.1. The molecule has 0 spiro atoms. The van der Waals surface area contributed by atoms with Gasteiger partial charge in [-0.05, 0) is 60.9 Å². The standard InChI is InChI=1S/C23H23ClN2O3S/c1-17-2-11-21(12-3-17)26-30(28,29)22-13-6-18(7-14-22)8-15-23(27)25-16-19-4-9-20(24)10-5-19/h2-7,9-14,26H,8,15-16H2,1H3,(H,25,27). The summed E-state index contributed by atoms with van der Waals surface area (Å²) >= 11 is 5.85. The molecule has 3 rings (SSSR count). The van der Waals surface area contributed by atoms with E-state index in [4.69, 9.17) is 11.6 Å². The first-order valence-electron chi connectivity index (χ1n) is 9.51. The van der Waals surface area contributed by atoms with Crippen LogP contribution in [0.15, 0.2) is 77.7 Å². The van der Waals surface area contributed by atoms with Crippen LogP contribution in [-0.2, 0) is 27.8 Å². The molecule has 0 aliphatic carbocycles. The Morgan fingerprint density at radius 2 is 1.47 bits per heavy atom. The van der Waals surface area contributed by atoms with Crippen LogP contribution in [0, 0.1) is 6.92 Å². The molecular formula is C23H23ClN2O3S. The molecule has 0 unspecified atom stereocenters. The molecule has 156 valence electrons. The number of halogens is 1. The van der Waals surface area contributed by atoms with E-state index in [0.29, 0.717) is 30.1 Å². The maximum atomic E-state index is 12.5. The Bertz CT molecular complexity index is 1090. The Hall–Kier alpha value is -2.83. The van der Waals surface area contributed by atoms with Crippen molar-refractivity contribution < 1.29 is 13.2 Å². The lowest BCUT2D eigenvalue weighted by Gasteiger charge is -2.09. The molecule has 2 N–H and O–H groups in total. The molecule has 30 heavy (non-hydrogen) atoms. The number of sulfonamides is 1. The Morgan fingerprint density at radius 3 is 2.10 bits per heavy atom. The van der Waals surface area contributed by atoms with Gasteiger partial charge in [0.25, 0.3) is 10.0 Å². The fraction of sp³-hybridized carbons (Fsp3) is 0.174. The van der Waals surface area contributed by atoms with Crippen LogP contribution in [0.4, 0.5) is 5.69 Å². The predicted octanol–water partition coefficient (Wildman–Crippen LogP) is 4.70. The molecule has 0 radical (unpaired) electrons. The lowest BCUT2D eigenvalue weighted by Crippen LogP contribution is -2.22. The second-order valence-corrected chi connectivity index (χ2v) is 9.14. The van der Waals surface area contributed by atoms with E-state index in [1.54, 1.807) is 48.5 Å². The Morgan fingerprint density at radius 1 is 0.867 bits per heavy atom. The molecule has 3 aromatic carbocycles. The van der Waals surface area contributed by atoms with Crippen LogP contribution >= 0.6 is 11.6 Å². The van der Waals surface area contributed by atoms with Crippen molar-refractivity contribution in [3.63, 3.8) is 0 Å².